The molecule has 0 radical (unpaired) electrons. The summed E-state index contributed by atoms with van der Waals surface area (Å²) in [4.78, 5) is 2.19. The van der Waals surface area contributed by atoms with Crippen LogP contribution in [0.1, 0.15) is 52.9 Å². The largest absolute Gasteiger partial charge is 0.391 e. The normalized spacial score (nSPS) is 14.8. The Kier molecular flexibility index (Phi) is 6.38. The van der Waals surface area contributed by atoms with Gasteiger partial charge in [-0.2, -0.15) is 0 Å². The summed E-state index contributed by atoms with van der Waals surface area (Å²) in [5.74, 6) is 0. The van der Waals surface area contributed by atoms with Crippen molar-refractivity contribution in [3.05, 3.63) is 0 Å². The Bertz CT molecular complexity index is 141. The monoisotopic (exact) mass is 201 g/mol. The van der Waals surface area contributed by atoms with Crippen molar-refractivity contribution in [3.63, 3.8) is 0 Å². The molecule has 0 heterocycles. The molecule has 0 rings (SSSR count). The van der Waals surface area contributed by atoms with E-state index in [2.05, 4.69) is 39.8 Å². The van der Waals surface area contributed by atoms with Gasteiger partial charge in [-0.25, -0.2) is 0 Å². The highest BCUT2D eigenvalue weighted by Crippen LogP contribution is 2.28. The van der Waals surface area contributed by atoms with E-state index >= 15 is 0 Å². The van der Waals surface area contributed by atoms with Crippen molar-refractivity contribution in [2.24, 2.45) is 0 Å². The van der Waals surface area contributed by atoms with Crippen LogP contribution in [0.2, 0.25) is 0 Å². The smallest absolute Gasteiger partial charge is 0.0723 e. The highest BCUT2D eigenvalue weighted by atomic mass is 16.3. The van der Waals surface area contributed by atoms with Crippen molar-refractivity contribution >= 4 is 0 Å². The molecule has 0 amide bonds. The molecular formula is C12H27NO. The summed E-state index contributed by atoms with van der Waals surface area (Å²) < 4.78 is 0. The molecule has 0 bridgehead atoms. The fourth-order valence-electron chi connectivity index (χ4n) is 2.32. The molecule has 2 nitrogen and oxygen atoms in total. The number of unbranched alkanes of at least 4 members (excludes halogenated alkanes) is 1. The highest BCUT2D eigenvalue weighted by molar-refractivity contribution is 4.92. The lowest BCUT2D eigenvalue weighted by atomic mass is 9.83. The van der Waals surface area contributed by atoms with Crippen molar-refractivity contribution in [2.75, 3.05) is 14.1 Å². The van der Waals surface area contributed by atoms with E-state index in [9.17, 15) is 5.11 Å². The third kappa shape index (κ3) is 2.96. The maximum atomic E-state index is 10.2. The van der Waals surface area contributed by atoms with Crippen molar-refractivity contribution < 1.29 is 5.11 Å². The Morgan fingerprint density at radius 2 is 1.64 bits per heavy atom. The highest BCUT2D eigenvalue weighted by Gasteiger charge is 2.35. The number of hydrogen-bond donors (Lipinski definition) is 1. The van der Waals surface area contributed by atoms with Crippen LogP contribution in [0.3, 0.4) is 0 Å². The fraction of sp³-hybridized carbons (Fsp3) is 1.00. The number of aliphatic hydroxyl groups excluding tert-OH is 1. The molecule has 2 heteroatoms. The maximum absolute atomic E-state index is 10.2. The second kappa shape index (κ2) is 6.41. The molecule has 0 saturated carbocycles. The summed E-state index contributed by atoms with van der Waals surface area (Å²) >= 11 is 0. The number of hydrogen-bond acceptors (Lipinski definition) is 2. The molecule has 86 valence electrons. The van der Waals surface area contributed by atoms with Crippen molar-refractivity contribution in [1.29, 1.82) is 0 Å². The third-order valence-corrected chi connectivity index (χ3v) is 3.57. The van der Waals surface area contributed by atoms with Crippen LogP contribution in [-0.2, 0) is 0 Å². The quantitative estimate of drug-likeness (QED) is 0.684. The van der Waals surface area contributed by atoms with Crippen LogP contribution in [0.25, 0.3) is 0 Å². The van der Waals surface area contributed by atoms with Crippen LogP contribution >= 0.6 is 0 Å². The van der Waals surface area contributed by atoms with E-state index in [4.69, 9.17) is 0 Å². The topological polar surface area (TPSA) is 23.5 Å². The zero-order valence-electron chi connectivity index (χ0n) is 10.5. The number of aliphatic hydroxyl groups is 1. The van der Waals surface area contributed by atoms with E-state index in [1.54, 1.807) is 0 Å². The van der Waals surface area contributed by atoms with E-state index in [-0.39, 0.29) is 11.6 Å². The molecule has 0 saturated heterocycles. The summed E-state index contributed by atoms with van der Waals surface area (Å²) in [5, 5.41) is 10.2. The second-order valence-electron chi connectivity index (χ2n) is 4.36. The van der Waals surface area contributed by atoms with Gasteiger partial charge in [-0.1, -0.05) is 33.6 Å². The number of likely N-dealkylation sites (N-methyl/N-ethyl adjacent to an activating group) is 1. The lowest BCUT2D eigenvalue weighted by Gasteiger charge is -2.42. The van der Waals surface area contributed by atoms with Crippen LogP contribution in [-0.4, -0.2) is 35.7 Å². The maximum Gasteiger partial charge on any atom is 0.0723 e. The minimum atomic E-state index is -0.188. The molecule has 0 aromatic rings. The van der Waals surface area contributed by atoms with Gasteiger partial charge in [0.15, 0.2) is 0 Å². The van der Waals surface area contributed by atoms with Crippen LogP contribution in [0.5, 0.6) is 0 Å². The molecule has 0 aliphatic heterocycles. The van der Waals surface area contributed by atoms with Gasteiger partial charge in [0.25, 0.3) is 0 Å². The first-order valence-electron chi connectivity index (χ1n) is 5.90. The molecule has 0 spiro atoms. The predicted molar refractivity (Wildman–Crippen MR) is 62.5 cm³/mol. The Labute approximate surface area is 89.3 Å². The summed E-state index contributed by atoms with van der Waals surface area (Å²) in [5.41, 5.74) is -0.0187. The standard InChI is InChI=1S/C12H27NO/c1-6-9-10-11(14)12(7-2,8-3)13(4)5/h11,14H,6-10H2,1-5H3. The van der Waals surface area contributed by atoms with E-state index in [0.717, 1.165) is 32.1 Å². The first-order chi connectivity index (χ1) is 6.55. The summed E-state index contributed by atoms with van der Waals surface area (Å²) in [6.45, 7) is 6.50. The van der Waals surface area contributed by atoms with Gasteiger partial charge in [0, 0.05) is 5.54 Å². The molecule has 0 aliphatic carbocycles. The van der Waals surface area contributed by atoms with Crippen LogP contribution in [0.4, 0.5) is 0 Å². The Morgan fingerprint density at radius 1 is 1.14 bits per heavy atom. The van der Waals surface area contributed by atoms with Crippen molar-refractivity contribution in [2.45, 2.75) is 64.5 Å². The molecule has 1 unspecified atom stereocenters. The summed E-state index contributed by atoms with van der Waals surface area (Å²) in [6.07, 6.45) is 5.05. The first kappa shape index (κ1) is 13.9. The molecular weight excluding hydrogens is 174 g/mol. The molecule has 0 fully saturated rings. The molecule has 0 aromatic carbocycles. The van der Waals surface area contributed by atoms with E-state index < -0.39 is 0 Å². The minimum absolute atomic E-state index is 0.0187. The predicted octanol–water partition coefficient (Wildman–Crippen LogP) is 2.66. The van der Waals surface area contributed by atoms with Crippen molar-refractivity contribution in [3.8, 4) is 0 Å². The summed E-state index contributed by atoms with van der Waals surface area (Å²) in [7, 11) is 4.14. The molecule has 0 aromatic heterocycles. The van der Waals surface area contributed by atoms with E-state index in [1.165, 1.54) is 0 Å². The van der Waals surface area contributed by atoms with Gasteiger partial charge in [0.2, 0.25) is 0 Å². The van der Waals surface area contributed by atoms with Gasteiger partial charge < -0.3 is 10.0 Å². The van der Waals surface area contributed by atoms with Gasteiger partial charge in [-0.15, -0.1) is 0 Å². The third-order valence-electron chi connectivity index (χ3n) is 3.57. The van der Waals surface area contributed by atoms with Gasteiger partial charge in [0.1, 0.15) is 0 Å². The second-order valence-corrected chi connectivity index (χ2v) is 4.36. The van der Waals surface area contributed by atoms with Gasteiger partial charge >= 0.3 is 0 Å². The first-order valence-corrected chi connectivity index (χ1v) is 5.90. The van der Waals surface area contributed by atoms with Gasteiger partial charge in [-0.3, -0.25) is 0 Å². The average Bonchev–Trinajstić information content (AvgIpc) is 2.17. The lowest BCUT2D eigenvalue weighted by Crippen LogP contribution is -2.52. The van der Waals surface area contributed by atoms with Gasteiger partial charge in [-0.05, 0) is 33.4 Å². The van der Waals surface area contributed by atoms with E-state index in [0.29, 0.717) is 0 Å². The van der Waals surface area contributed by atoms with E-state index in [1.807, 2.05) is 0 Å². The SMILES string of the molecule is CCCCC(O)C(CC)(CC)N(C)C. The zero-order chi connectivity index (χ0) is 11.2. The van der Waals surface area contributed by atoms with Crippen LogP contribution in [0, 0.1) is 0 Å². The Balaban J connectivity index is 4.45. The average molecular weight is 201 g/mol. The molecule has 0 aliphatic rings. The molecule has 1 atom stereocenters. The minimum Gasteiger partial charge on any atom is -0.391 e. The molecule has 14 heavy (non-hydrogen) atoms. The molecule has 1 N–H and O–H groups in total. The number of nitrogens with zero attached hydrogens (tertiary/aromatic N) is 1. The zero-order valence-corrected chi connectivity index (χ0v) is 10.5. The van der Waals surface area contributed by atoms with Crippen LogP contribution in [0.15, 0.2) is 0 Å². The van der Waals surface area contributed by atoms with Crippen LogP contribution < -0.4 is 0 Å². The Morgan fingerprint density at radius 3 is 1.93 bits per heavy atom. The number of rotatable bonds is 7. The summed E-state index contributed by atoms with van der Waals surface area (Å²) in [6, 6.07) is 0. The lowest BCUT2D eigenvalue weighted by molar-refractivity contribution is -0.0186. The Hall–Kier alpha value is -0.0800. The van der Waals surface area contributed by atoms with Gasteiger partial charge in [0.05, 0.1) is 6.10 Å². The van der Waals surface area contributed by atoms with Crippen molar-refractivity contribution in [1.82, 2.24) is 4.90 Å². The fourth-order valence-corrected chi connectivity index (χ4v) is 2.32.